The van der Waals surface area contributed by atoms with Gasteiger partial charge in [-0.1, -0.05) is 70.9 Å². The summed E-state index contributed by atoms with van der Waals surface area (Å²) in [5.41, 5.74) is 0. The first-order valence-corrected chi connectivity index (χ1v) is 9.57. The molecule has 0 saturated heterocycles. The summed E-state index contributed by atoms with van der Waals surface area (Å²) in [4.78, 5) is 10.5. The molecule has 0 aliphatic rings. The average molecular weight is 311 g/mol. The zero-order valence-electron chi connectivity index (χ0n) is 15.0. The van der Waals surface area contributed by atoms with Crippen molar-refractivity contribution in [3.63, 3.8) is 0 Å². The summed E-state index contributed by atoms with van der Waals surface area (Å²) in [5.74, 6) is 0.0544. The number of aliphatic carboxylic acids is 1. The van der Waals surface area contributed by atoms with E-state index in [1.54, 1.807) is 0 Å². The number of unbranched alkanes of at least 4 members (excludes halogenated alkanes) is 7. The standard InChI is InChI=1S/C20H38O2/c1-3-5-6-7-8-9-10-11-12-13-14-16-19(4-2)17-15-18-20(21)22/h11-12,19H,3-10,13-18H2,1-2H3,(H,21,22)/b12-11-. The molecule has 130 valence electrons. The number of carboxylic acid groups (broad SMARTS) is 1. The van der Waals surface area contributed by atoms with E-state index in [0.29, 0.717) is 12.3 Å². The monoisotopic (exact) mass is 310 g/mol. The van der Waals surface area contributed by atoms with Gasteiger partial charge in [0.15, 0.2) is 0 Å². The summed E-state index contributed by atoms with van der Waals surface area (Å²) in [6.45, 7) is 4.48. The van der Waals surface area contributed by atoms with Crippen LogP contribution in [0.25, 0.3) is 0 Å². The molecule has 0 rings (SSSR count). The molecule has 1 atom stereocenters. The third kappa shape index (κ3) is 15.6. The van der Waals surface area contributed by atoms with E-state index in [1.807, 2.05) is 0 Å². The number of hydrogen-bond acceptors (Lipinski definition) is 1. The first-order chi connectivity index (χ1) is 10.7. The predicted molar refractivity (Wildman–Crippen MR) is 96.3 cm³/mol. The molecule has 1 N–H and O–H groups in total. The lowest BCUT2D eigenvalue weighted by Crippen LogP contribution is -2.01. The first kappa shape index (κ1) is 21.2. The predicted octanol–water partition coefficient (Wildman–Crippen LogP) is 6.74. The molecule has 0 heterocycles. The fourth-order valence-electron chi connectivity index (χ4n) is 2.90. The Bertz CT molecular complexity index is 271. The van der Waals surface area contributed by atoms with Crippen LogP contribution in [0.2, 0.25) is 0 Å². The average Bonchev–Trinajstić information content (AvgIpc) is 2.50. The molecule has 0 aliphatic heterocycles. The van der Waals surface area contributed by atoms with Crippen LogP contribution in [0, 0.1) is 5.92 Å². The van der Waals surface area contributed by atoms with Gasteiger partial charge in [-0.05, 0) is 44.4 Å². The topological polar surface area (TPSA) is 37.3 Å². The molecule has 1 unspecified atom stereocenters. The summed E-state index contributed by atoms with van der Waals surface area (Å²) in [6, 6.07) is 0. The second kappa shape index (κ2) is 16.6. The van der Waals surface area contributed by atoms with Gasteiger partial charge in [0.05, 0.1) is 0 Å². The van der Waals surface area contributed by atoms with Crippen molar-refractivity contribution in [3.05, 3.63) is 12.2 Å². The Morgan fingerprint density at radius 2 is 1.45 bits per heavy atom. The van der Waals surface area contributed by atoms with Crippen LogP contribution in [0.5, 0.6) is 0 Å². The quantitative estimate of drug-likeness (QED) is 0.253. The summed E-state index contributed by atoms with van der Waals surface area (Å²) in [7, 11) is 0. The van der Waals surface area contributed by atoms with Gasteiger partial charge < -0.3 is 5.11 Å². The molecule has 0 fully saturated rings. The minimum Gasteiger partial charge on any atom is -0.481 e. The first-order valence-electron chi connectivity index (χ1n) is 9.57. The molecular formula is C20H38O2. The van der Waals surface area contributed by atoms with E-state index in [9.17, 15) is 4.79 Å². The van der Waals surface area contributed by atoms with Crippen LogP contribution in [0.15, 0.2) is 12.2 Å². The molecule has 0 aliphatic carbocycles. The minimum atomic E-state index is -0.660. The van der Waals surface area contributed by atoms with Gasteiger partial charge in [0.2, 0.25) is 0 Å². The zero-order valence-corrected chi connectivity index (χ0v) is 15.0. The summed E-state index contributed by atoms with van der Waals surface area (Å²) in [5, 5.41) is 8.67. The van der Waals surface area contributed by atoms with Gasteiger partial charge >= 0.3 is 5.97 Å². The van der Waals surface area contributed by atoms with Gasteiger partial charge in [0.1, 0.15) is 0 Å². The van der Waals surface area contributed by atoms with E-state index in [2.05, 4.69) is 26.0 Å². The van der Waals surface area contributed by atoms with E-state index >= 15 is 0 Å². The molecule has 0 bridgehead atoms. The van der Waals surface area contributed by atoms with Crippen molar-refractivity contribution in [2.45, 2.75) is 104 Å². The maximum Gasteiger partial charge on any atom is 0.303 e. The maximum absolute atomic E-state index is 10.5. The molecule has 0 radical (unpaired) electrons. The highest BCUT2D eigenvalue weighted by Gasteiger charge is 2.06. The molecular weight excluding hydrogens is 272 g/mol. The Hall–Kier alpha value is -0.790. The van der Waals surface area contributed by atoms with Gasteiger partial charge in [-0.15, -0.1) is 0 Å². The second-order valence-corrected chi connectivity index (χ2v) is 6.52. The molecule has 2 heteroatoms. The molecule has 22 heavy (non-hydrogen) atoms. The highest BCUT2D eigenvalue weighted by Crippen LogP contribution is 2.19. The van der Waals surface area contributed by atoms with Crippen LogP contribution >= 0.6 is 0 Å². The van der Waals surface area contributed by atoms with Gasteiger partial charge in [0, 0.05) is 6.42 Å². The largest absolute Gasteiger partial charge is 0.481 e. The molecule has 0 amide bonds. The minimum absolute atomic E-state index is 0.328. The number of allylic oxidation sites excluding steroid dienone is 2. The fourth-order valence-corrected chi connectivity index (χ4v) is 2.90. The molecule has 0 saturated carbocycles. The van der Waals surface area contributed by atoms with Gasteiger partial charge in [0.25, 0.3) is 0 Å². The van der Waals surface area contributed by atoms with Crippen molar-refractivity contribution < 1.29 is 9.90 Å². The van der Waals surface area contributed by atoms with E-state index in [0.717, 1.165) is 12.8 Å². The third-order valence-electron chi connectivity index (χ3n) is 4.45. The smallest absolute Gasteiger partial charge is 0.303 e. The van der Waals surface area contributed by atoms with Crippen LogP contribution < -0.4 is 0 Å². The Morgan fingerprint density at radius 3 is 2.09 bits per heavy atom. The van der Waals surface area contributed by atoms with Gasteiger partial charge in [-0.3, -0.25) is 4.79 Å². The van der Waals surface area contributed by atoms with Crippen molar-refractivity contribution in [3.8, 4) is 0 Å². The Labute approximate surface area is 138 Å². The van der Waals surface area contributed by atoms with Crippen molar-refractivity contribution in [2.24, 2.45) is 5.92 Å². The maximum atomic E-state index is 10.5. The van der Waals surface area contributed by atoms with Crippen molar-refractivity contribution in [2.75, 3.05) is 0 Å². The third-order valence-corrected chi connectivity index (χ3v) is 4.45. The Morgan fingerprint density at radius 1 is 0.864 bits per heavy atom. The summed E-state index contributed by atoms with van der Waals surface area (Å²) < 4.78 is 0. The molecule has 0 aromatic heterocycles. The fraction of sp³-hybridized carbons (Fsp3) is 0.850. The van der Waals surface area contributed by atoms with Crippen molar-refractivity contribution in [1.29, 1.82) is 0 Å². The number of hydrogen-bond donors (Lipinski definition) is 1. The van der Waals surface area contributed by atoms with E-state index < -0.39 is 5.97 Å². The Balaban J connectivity index is 3.40. The number of carboxylic acids is 1. The van der Waals surface area contributed by atoms with Gasteiger partial charge in [-0.2, -0.15) is 0 Å². The summed E-state index contributed by atoms with van der Waals surface area (Å²) >= 11 is 0. The lowest BCUT2D eigenvalue weighted by molar-refractivity contribution is -0.137. The van der Waals surface area contributed by atoms with Crippen LogP contribution in [0.1, 0.15) is 104 Å². The lowest BCUT2D eigenvalue weighted by Gasteiger charge is -2.13. The number of carbonyl (C=O) groups is 1. The van der Waals surface area contributed by atoms with Crippen LogP contribution in [0.4, 0.5) is 0 Å². The lowest BCUT2D eigenvalue weighted by atomic mass is 9.93. The van der Waals surface area contributed by atoms with E-state index in [1.165, 1.54) is 70.6 Å². The highest BCUT2D eigenvalue weighted by atomic mass is 16.4. The van der Waals surface area contributed by atoms with E-state index in [4.69, 9.17) is 5.11 Å². The van der Waals surface area contributed by atoms with Crippen LogP contribution in [-0.2, 0) is 4.79 Å². The van der Waals surface area contributed by atoms with Crippen molar-refractivity contribution in [1.82, 2.24) is 0 Å². The zero-order chi connectivity index (χ0) is 16.5. The highest BCUT2D eigenvalue weighted by molar-refractivity contribution is 5.66. The van der Waals surface area contributed by atoms with Crippen LogP contribution in [0.3, 0.4) is 0 Å². The van der Waals surface area contributed by atoms with Gasteiger partial charge in [-0.25, -0.2) is 0 Å². The van der Waals surface area contributed by atoms with Crippen molar-refractivity contribution >= 4 is 5.97 Å². The normalized spacial score (nSPS) is 12.8. The SMILES string of the molecule is CCCCCCCC/C=C\CCCC(CC)CCCC(=O)O. The Kier molecular flexibility index (Phi) is 16.0. The molecule has 2 nitrogen and oxygen atoms in total. The molecule has 0 aromatic carbocycles. The second-order valence-electron chi connectivity index (χ2n) is 6.52. The van der Waals surface area contributed by atoms with Crippen LogP contribution in [-0.4, -0.2) is 11.1 Å². The summed E-state index contributed by atoms with van der Waals surface area (Å²) in [6.07, 6.45) is 21.3. The molecule has 0 spiro atoms. The molecule has 0 aromatic rings. The van der Waals surface area contributed by atoms with E-state index in [-0.39, 0.29) is 0 Å². The number of rotatable bonds is 16.